The van der Waals surface area contributed by atoms with Crippen LogP contribution in [0, 0.1) is 19.3 Å². The highest BCUT2D eigenvalue weighted by atomic mass is 19.4. The van der Waals surface area contributed by atoms with Gasteiger partial charge in [-0.25, -0.2) is 5.84 Å². The number of halogens is 3. The van der Waals surface area contributed by atoms with Crippen LogP contribution in [0.15, 0.2) is 36.7 Å². The van der Waals surface area contributed by atoms with Crippen LogP contribution in [-0.4, -0.2) is 46.0 Å². The van der Waals surface area contributed by atoms with E-state index in [9.17, 15) is 18.0 Å². The molecule has 0 atom stereocenters. The number of nitrogens with one attached hydrogen (secondary N) is 2. The van der Waals surface area contributed by atoms with Crippen LogP contribution in [0.4, 0.5) is 30.2 Å². The summed E-state index contributed by atoms with van der Waals surface area (Å²) in [7, 11) is 1.78. The van der Waals surface area contributed by atoms with Gasteiger partial charge in [0.2, 0.25) is 0 Å². The largest absolute Gasteiger partial charge is 0.416 e. The molecule has 0 unspecified atom stereocenters. The van der Waals surface area contributed by atoms with E-state index < -0.39 is 17.6 Å². The van der Waals surface area contributed by atoms with Gasteiger partial charge in [0.1, 0.15) is 0 Å². The Balaban J connectivity index is 1.56. The van der Waals surface area contributed by atoms with Gasteiger partial charge in [-0.15, -0.1) is 0 Å². The maximum absolute atomic E-state index is 13.6. The number of alkyl halides is 3. The average molecular weight is 529 g/mol. The molecule has 1 aliphatic rings. The number of amides is 1. The number of hydrogen-bond donors (Lipinski definition) is 3. The van der Waals surface area contributed by atoms with Crippen LogP contribution in [0.5, 0.6) is 0 Å². The highest BCUT2D eigenvalue weighted by molar-refractivity contribution is 6.05. The van der Waals surface area contributed by atoms with Gasteiger partial charge < -0.3 is 20.6 Å². The van der Waals surface area contributed by atoms with Gasteiger partial charge in [-0.2, -0.15) is 18.3 Å². The molecule has 4 N–H and O–H groups in total. The summed E-state index contributed by atoms with van der Waals surface area (Å²) in [6.45, 7) is 4.93. The highest BCUT2D eigenvalue weighted by Crippen LogP contribution is 2.35. The fraction of sp³-hybridized carbons (Fsp3) is 0.385. The number of hydrogen-bond acceptors (Lipinski definition) is 7. The Bertz CT molecular complexity index is 1340. The molecule has 202 valence electrons. The van der Waals surface area contributed by atoms with Crippen LogP contribution < -0.4 is 21.1 Å². The number of pyridine rings is 1. The molecule has 1 fully saturated rings. The summed E-state index contributed by atoms with van der Waals surface area (Å²) in [4.78, 5) is 19.2. The van der Waals surface area contributed by atoms with Gasteiger partial charge in [-0.1, -0.05) is 0 Å². The van der Waals surface area contributed by atoms with Crippen molar-refractivity contribution in [2.45, 2.75) is 39.3 Å². The molecular formula is C26H31F3N8O. The minimum Gasteiger partial charge on any atom is -0.371 e. The zero-order valence-corrected chi connectivity index (χ0v) is 21.6. The third-order valence-electron chi connectivity index (χ3n) is 6.74. The first kappa shape index (κ1) is 27.1. The molecule has 1 saturated heterocycles. The van der Waals surface area contributed by atoms with Gasteiger partial charge in [0.05, 0.1) is 41.0 Å². The lowest BCUT2D eigenvalue weighted by Crippen LogP contribution is -2.37. The number of anilines is 3. The van der Waals surface area contributed by atoms with Gasteiger partial charge in [-0.3, -0.25) is 14.5 Å². The van der Waals surface area contributed by atoms with E-state index in [2.05, 4.69) is 15.4 Å². The summed E-state index contributed by atoms with van der Waals surface area (Å²) in [5, 5.41) is 16.5. The fourth-order valence-corrected chi connectivity index (χ4v) is 4.46. The van der Waals surface area contributed by atoms with Crippen molar-refractivity contribution in [3.63, 3.8) is 0 Å². The van der Waals surface area contributed by atoms with Crippen LogP contribution in [0.25, 0.3) is 0 Å². The van der Waals surface area contributed by atoms with Crippen molar-refractivity contribution in [1.29, 1.82) is 5.41 Å². The van der Waals surface area contributed by atoms with E-state index in [0.29, 0.717) is 35.7 Å². The van der Waals surface area contributed by atoms with Crippen molar-refractivity contribution in [2.75, 3.05) is 34.9 Å². The molecule has 12 heteroatoms. The molecule has 2 aromatic heterocycles. The number of rotatable bonds is 7. The zero-order valence-electron chi connectivity index (χ0n) is 21.6. The minimum absolute atomic E-state index is 0.0347. The molecule has 0 aliphatic carbocycles. The first-order chi connectivity index (χ1) is 17.9. The van der Waals surface area contributed by atoms with Crippen LogP contribution in [0.1, 0.15) is 52.1 Å². The monoisotopic (exact) mass is 528 g/mol. The maximum atomic E-state index is 13.6. The Kier molecular flexibility index (Phi) is 7.72. The SMILES string of the molecule is Cc1ncc(C(=O)Nc2cc(N3CCCCC3)cc(C(F)(F)F)c2)cc1N(N)CC(=N)c1cnn(C)c1C. The maximum Gasteiger partial charge on any atom is 0.416 e. The number of carbonyl (C=O) groups excluding carboxylic acids is 1. The van der Waals surface area contributed by atoms with E-state index >= 15 is 0 Å². The van der Waals surface area contributed by atoms with E-state index in [1.165, 1.54) is 17.3 Å². The Hall–Kier alpha value is -3.93. The number of aryl methyl sites for hydroxylation is 2. The fourth-order valence-electron chi connectivity index (χ4n) is 4.46. The predicted molar refractivity (Wildman–Crippen MR) is 141 cm³/mol. The molecule has 9 nitrogen and oxygen atoms in total. The number of piperidine rings is 1. The number of benzene rings is 1. The van der Waals surface area contributed by atoms with E-state index in [0.717, 1.165) is 37.1 Å². The lowest BCUT2D eigenvalue weighted by molar-refractivity contribution is -0.137. The second kappa shape index (κ2) is 10.8. The van der Waals surface area contributed by atoms with E-state index in [1.54, 1.807) is 30.9 Å². The molecule has 0 bridgehead atoms. The molecule has 4 rings (SSSR count). The highest BCUT2D eigenvalue weighted by Gasteiger charge is 2.32. The van der Waals surface area contributed by atoms with Crippen molar-refractivity contribution in [2.24, 2.45) is 12.9 Å². The summed E-state index contributed by atoms with van der Waals surface area (Å²) in [5.74, 6) is 5.63. The lowest BCUT2D eigenvalue weighted by atomic mass is 10.1. The quantitative estimate of drug-likeness (QED) is 0.237. The van der Waals surface area contributed by atoms with Crippen molar-refractivity contribution in [3.8, 4) is 0 Å². The Morgan fingerprint density at radius 1 is 1.13 bits per heavy atom. The molecular weight excluding hydrogens is 497 g/mol. The first-order valence-electron chi connectivity index (χ1n) is 12.3. The van der Waals surface area contributed by atoms with Crippen LogP contribution in [0.2, 0.25) is 0 Å². The topological polar surface area (TPSA) is 116 Å². The molecule has 3 aromatic rings. The Labute approximate surface area is 218 Å². The van der Waals surface area contributed by atoms with Gasteiger partial charge in [0.25, 0.3) is 5.91 Å². The summed E-state index contributed by atoms with van der Waals surface area (Å²) in [6, 6.07) is 5.13. The summed E-state index contributed by atoms with van der Waals surface area (Å²) >= 11 is 0. The van der Waals surface area contributed by atoms with E-state index in [4.69, 9.17) is 11.3 Å². The number of aromatic nitrogens is 3. The second-order valence-corrected chi connectivity index (χ2v) is 9.47. The average Bonchev–Trinajstić information content (AvgIpc) is 3.22. The first-order valence-corrected chi connectivity index (χ1v) is 12.3. The smallest absolute Gasteiger partial charge is 0.371 e. The Morgan fingerprint density at radius 3 is 2.47 bits per heavy atom. The molecule has 0 spiro atoms. The van der Waals surface area contributed by atoms with Crippen LogP contribution in [-0.2, 0) is 13.2 Å². The summed E-state index contributed by atoms with van der Waals surface area (Å²) < 4.78 is 42.6. The zero-order chi connectivity index (χ0) is 27.6. The van der Waals surface area contributed by atoms with Crippen molar-refractivity contribution < 1.29 is 18.0 Å². The molecule has 1 aliphatic heterocycles. The normalized spacial score (nSPS) is 13.9. The van der Waals surface area contributed by atoms with Gasteiger partial charge in [0.15, 0.2) is 0 Å². The van der Waals surface area contributed by atoms with Crippen LogP contribution in [0.3, 0.4) is 0 Å². The summed E-state index contributed by atoms with van der Waals surface area (Å²) in [6.07, 6.45) is 1.24. The van der Waals surface area contributed by atoms with Gasteiger partial charge in [0, 0.05) is 49.0 Å². The van der Waals surface area contributed by atoms with E-state index in [1.807, 2.05) is 11.8 Å². The third-order valence-corrected chi connectivity index (χ3v) is 6.74. The minimum atomic E-state index is -4.55. The van der Waals surface area contributed by atoms with Crippen molar-refractivity contribution >= 4 is 28.7 Å². The van der Waals surface area contributed by atoms with Crippen LogP contribution >= 0.6 is 0 Å². The van der Waals surface area contributed by atoms with Crippen molar-refractivity contribution in [3.05, 3.63) is 64.7 Å². The molecule has 38 heavy (non-hydrogen) atoms. The summed E-state index contributed by atoms with van der Waals surface area (Å²) in [5.41, 5.74) is 2.43. The second-order valence-electron chi connectivity index (χ2n) is 9.47. The van der Waals surface area contributed by atoms with E-state index in [-0.39, 0.29) is 23.5 Å². The van der Waals surface area contributed by atoms with Gasteiger partial charge >= 0.3 is 6.18 Å². The standard InChI is InChI=1S/C26H31F3N8O/c1-16-24(37(31)15-23(30)22-14-33-35(3)17(22)2)9-18(13-32-16)25(38)34-20-10-19(26(27,28)29)11-21(12-20)36-7-5-4-6-8-36/h9-14,30H,4-8,15,31H2,1-3H3,(H,34,38). The number of carbonyl (C=O) groups is 1. The molecule has 1 amide bonds. The number of nitrogens with zero attached hydrogens (tertiary/aromatic N) is 5. The van der Waals surface area contributed by atoms with Gasteiger partial charge in [-0.05, 0) is 57.4 Å². The number of hydrazine groups is 1. The molecule has 3 heterocycles. The Morgan fingerprint density at radius 2 is 1.84 bits per heavy atom. The molecule has 1 aromatic carbocycles. The molecule has 0 radical (unpaired) electrons. The predicted octanol–water partition coefficient (Wildman–Crippen LogP) is 4.44. The molecule has 0 saturated carbocycles. The number of nitrogens with two attached hydrogens (primary N) is 1. The lowest BCUT2D eigenvalue weighted by Gasteiger charge is -2.29. The van der Waals surface area contributed by atoms with Crippen molar-refractivity contribution in [1.82, 2.24) is 14.8 Å². The third kappa shape index (κ3) is 5.96.